The molecule has 0 saturated carbocycles. The summed E-state index contributed by atoms with van der Waals surface area (Å²) in [5, 5.41) is 0. The van der Waals surface area contributed by atoms with Crippen LogP contribution in [0.1, 0.15) is 48.6 Å². The van der Waals surface area contributed by atoms with Crippen LogP contribution in [0, 0.1) is 27.7 Å². The Morgan fingerprint density at radius 2 is 1.20 bits per heavy atom. The highest BCUT2D eigenvalue weighted by Crippen LogP contribution is 2.30. The van der Waals surface area contributed by atoms with Crippen molar-refractivity contribution in [3.8, 4) is 0 Å². The van der Waals surface area contributed by atoms with Crippen molar-refractivity contribution in [3.05, 3.63) is 27.8 Å². The molecule has 0 N–H and O–H groups in total. The second-order valence-corrected chi connectivity index (χ2v) is 5.54. The van der Waals surface area contributed by atoms with Crippen LogP contribution in [0.4, 0.5) is 0 Å². The van der Waals surface area contributed by atoms with Crippen molar-refractivity contribution in [2.24, 2.45) is 0 Å². The quantitative estimate of drug-likeness (QED) is 0.564. The molecule has 0 aliphatic rings. The van der Waals surface area contributed by atoms with Crippen molar-refractivity contribution < 1.29 is 0 Å². The van der Waals surface area contributed by atoms with Crippen molar-refractivity contribution >= 4 is 13.3 Å². The van der Waals surface area contributed by atoms with Gasteiger partial charge in [-0.1, -0.05) is 37.4 Å². The molecule has 1 heteroatoms. The molecular formula is C14H21B. The van der Waals surface area contributed by atoms with Crippen LogP contribution >= 0.6 is 0 Å². The van der Waals surface area contributed by atoms with E-state index in [2.05, 4.69) is 48.5 Å². The molecule has 80 valence electrons. The van der Waals surface area contributed by atoms with Crippen LogP contribution in [0.5, 0.6) is 0 Å². The predicted molar refractivity (Wildman–Crippen MR) is 69.5 cm³/mol. The molecule has 0 aromatic heterocycles. The maximum Gasteiger partial charge on any atom is 0.114 e. The van der Waals surface area contributed by atoms with Gasteiger partial charge in [0.2, 0.25) is 0 Å². The number of benzene rings is 1. The summed E-state index contributed by atoms with van der Waals surface area (Å²) in [7, 11) is 6.15. The Bertz CT molecular complexity index is 366. The minimum atomic E-state index is 0.167. The first-order chi connectivity index (χ1) is 6.68. The summed E-state index contributed by atoms with van der Waals surface area (Å²) in [6, 6.07) is 0. The summed E-state index contributed by atoms with van der Waals surface area (Å²) >= 11 is 0. The Kier molecular flexibility index (Phi) is 3.05. The Balaban J connectivity index is 3.68. The van der Waals surface area contributed by atoms with Crippen LogP contribution in [0.25, 0.3) is 0 Å². The summed E-state index contributed by atoms with van der Waals surface area (Å²) in [6.45, 7) is 15.3. The van der Waals surface area contributed by atoms with E-state index < -0.39 is 0 Å². The third-order valence-electron chi connectivity index (χ3n) is 3.43. The lowest BCUT2D eigenvalue weighted by Crippen LogP contribution is -2.24. The zero-order chi connectivity index (χ0) is 12.0. The van der Waals surface area contributed by atoms with Gasteiger partial charge in [-0.05, 0) is 49.8 Å². The molecule has 1 aromatic rings. The summed E-state index contributed by atoms with van der Waals surface area (Å²) in [4.78, 5) is 0. The zero-order valence-electron chi connectivity index (χ0n) is 11.1. The van der Waals surface area contributed by atoms with Crippen LogP contribution < -0.4 is 5.46 Å². The van der Waals surface area contributed by atoms with Gasteiger partial charge in [0.1, 0.15) is 7.85 Å². The highest BCUT2D eigenvalue weighted by atomic mass is 14.3. The standard InChI is InChI=1S/C14H21B/c1-8-9(2)12(14(5,6)7)11(4)13(15)10(8)3/h1-7H3. The van der Waals surface area contributed by atoms with E-state index in [1.807, 2.05) is 0 Å². The second-order valence-electron chi connectivity index (χ2n) is 5.54. The monoisotopic (exact) mass is 200 g/mol. The average molecular weight is 200 g/mol. The van der Waals surface area contributed by atoms with Crippen molar-refractivity contribution in [1.29, 1.82) is 0 Å². The summed E-state index contributed by atoms with van der Waals surface area (Å²) in [6.07, 6.45) is 0. The molecule has 2 radical (unpaired) electrons. The van der Waals surface area contributed by atoms with E-state index in [4.69, 9.17) is 7.85 Å². The SMILES string of the molecule is [B]c1c(C)c(C)c(C)c(C(C)(C)C)c1C. The van der Waals surface area contributed by atoms with E-state index in [-0.39, 0.29) is 5.41 Å². The van der Waals surface area contributed by atoms with Gasteiger partial charge < -0.3 is 0 Å². The molecule has 0 saturated heterocycles. The van der Waals surface area contributed by atoms with E-state index >= 15 is 0 Å². The molecule has 0 spiro atoms. The molecule has 1 rings (SSSR count). The van der Waals surface area contributed by atoms with Crippen LogP contribution in [-0.4, -0.2) is 7.85 Å². The summed E-state index contributed by atoms with van der Waals surface area (Å²) < 4.78 is 0. The first-order valence-corrected chi connectivity index (χ1v) is 5.54. The molecule has 0 fully saturated rings. The predicted octanol–water partition coefficient (Wildman–Crippen LogP) is 3.01. The number of rotatable bonds is 0. The van der Waals surface area contributed by atoms with Gasteiger partial charge in [0.05, 0.1) is 0 Å². The highest BCUT2D eigenvalue weighted by Gasteiger charge is 2.21. The van der Waals surface area contributed by atoms with Crippen LogP contribution in [0.15, 0.2) is 0 Å². The molecule has 0 bridgehead atoms. The topological polar surface area (TPSA) is 0 Å². The smallest absolute Gasteiger partial charge is 0.0904 e. The van der Waals surface area contributed by atoms with Crippen molar-refractivity contribution in [2.75, 3.05) is 0 Å². The minimum absolute atomic E-state index is 0.167. The molecule has 0 aliphatic carbocycles. The molecule has 0 amide bonds. The fourth-order valence-corrected chi connectivity index (χ4v) is 2.49. The van der Waals surface area contributed by atoms with E-state index in [1.165, 1.54) is 27.8 Å². The fraction of sp³-hybridized carbons (Fsp3) is 0.571. The Hall–Kier alpha value is -0.715. The van der Waals surface area contributed by atoms with Gasteiger partial charge in [-0.3, -0.25) is 0 Å². The molecule has 15 heavy (non-hydrogen) atoms. The Labute approximate surface area is 95.5 Å². The van der Waals surface area contributed by atoms with Gasteiger partial charge in [-0.15, -0.1) is 0 Å². The van der Waals surface area contributed by atoms with Gasteiger partial charge in [-0.2, -0.15) is 0 Å². The molecule has 1 aromatic carbocycles. The number of hydrogen-bond acceptors (Lipinski definition) is 0. The summed E-state index contributed by atoms with van der Waals surface area (Å²) in [5.74, 6) is 0. The van der Waals surface area contributed by atoms with Gasteiger partial charge >= 0.3 is 0 Å². The number of hydrogen-bond donors (Lipinski definition) is 0. The van der Waals surface area contributed by atoms with Crippen LogP contribution in [-0.2, 0) is 5.41 Å². The van der Waals surface area contributed by atoms with Crippen molar-refractivity contribution in [3.63, 3.8) is 0 Å². The fourth-order valence-electron chi connectivity index (χ4n) is 2.49. The lowest BCUT2D eigenvalue weighted by atomic mass is 9.73. The molecule has 0 nitrogen and oxygen atoms in total. The van der Waals surface area contributed by atoms with E-state index in [0.29, 0.717) is 0 Å². The van der Waals surface area contributed by atoms with Crippen molar-refractivity contribution in [2.45, 2.75) is 53.9 Å². The molecule has 0 unspecified atom stereocenters. The van der Waals surface area contributed by atoms with Crippen LogP contribution in [0.3, 0.4) is 0 Å². The van der Waals surface area contributed by atoms with Gasteiger partial charge in [0.25, 0.3) is 0 Å². The Morgan fingerprint density at radius 1 is 0.733 bits per heavy atom. The van der Waals surface area contributed by atoms with Crippen LogP contribution in [0.2, 0.25) is 0 Å². The van der Waals surface area contributed by atoms with E-state index in [1.54, 1.807) is 0 Å². The lowest BCUT2D eigenvalue weighted by Gasteiger charge is -2.28. The molecular weight excluding hydrogens is 179 g/mol. The largest absolute Gasteiger partial charge is 0.114 e. The molecule has 0 heterocycles. The molecule has 0 aliphatic heterocycles. The zero-order valence-corrected chi connectivity index (χ0v) is 11.1. The van der Waals surface area contributed by atoms with Gasteiger partial charge in [-0.25, -0.2) is 0 Å². The first-order valence-electron chi connectivity index (χ1n) is 5.54. The molecule has 0 atom stereocenters. The third-order valence-corrected chi connectivity index (χ3v) is 3.43. The Morgan fingerprint density at radius 3 is 1.60 bits per heavy atom. The van der Waals surface area contributed by atoms with Crippen molar-refractivity contribution in [1.82, 2.24) is 0 Å². The maximum absolute atomic E-state index is 6.15. The third kappa shape index (κ3) is 1.97. The lowest BCUT2D eigenvalue weighted by molar-refractivity contribution is 0.581. The van der Waals surface area contributed by atoms with E-state index in [0.717, 1.165) is 5.46 Å². The van der Waals surface area contributed by atoms with Gasteiger partial charge in [0.15, 0.2) is 0 Å². The second kappa shape index (κ2) is 3.70. The van der Waals surface area contributed by atoms with E-state index in [9.17, 15) is 0 Å². The average Bonchev–Trinajstić information content (AvgIpc) is 2.09. The maximum atomic E-state index is 6.15. The minimum Gasteiger partial charge on any atom is -0.0904 e. The highest BCUT2D eigenvalue weighted by molar-refractivity contribution is 6.34. The van der Waals surface area contributed by atoms with Gasteiger partial charge in [0, 0.05) is 0 Å². The normalized spacial score (nSPS) is 11.9. The summed E-state index contributed by atoms with van der Waals surface area (Å²) in [5.41, 5.74) is 7.75. The first kappa shape index (κ1) is 12.4.